The van der Waals surface area contributed by atoms with Gasteiger partial charge in [-0.25, -0.2) is 30.0 Å². The van der Waals surface area contributed by atoms with Gasteiger partial charge in [0.2, 0.25) is 11.6 Å². The third kappa shape index (κ3) is 8.02. The van der Waals surface area contributed by atoms with E-state index in [2.05, 4.69) is 31.7 Å². The number of hydrogen-bond acceptors (Lipinski definition) is 16. The molecule has 0 bridgehead atoms. The first-order valence-corrected chi connectivity index (χ1v) is 20.6. The zero-order chi connectivity index (χ0) is 41.6. The quantitative estimate of drug-likeness (QED) is 0.118. The highest BCUT2D eigenvalue weighted by atomic mass is 32.2. The molecule has 0 radical (unpaired) electrons. The summed E-state index contributed by atoms with van der Waals surface area (Å²) in [6.45, 7) is 0. The molecule has 0 heterocycles. The maximum Gasteiger partial charge on any atom is 0.323 e. The van der Waals surface area contributed by atoms with Crippen LogP contribution in [0, 0.1) is 0 Å². The highest BCUT2D eigenvalue weighted by molar-refractivity contribution is 7.91. The van der Waals surface area contributed by atoms with Crippen molar-refractivity contribution in [3.63, 3.8) is 0 Å². The van der Waals surface area contributed by atoms with Gasteiger partial charge in [-0.05, 0) is 83.9 Å². The minimum Gasteiger partial charge on any atom is -0.744 e. The number of anilines is 4. The lowest BCUT2D eigenvalue weighted by Gasteiger charge is -2.21. The molecule has 0 saturated heterocycles. The van der Waals surface area contributed by atoms with Crippen molar-refractivity contribution < 1.29 is 53.3 Å². The first-order chi connectivity index (χ1) is 27.4. The number of allylic oxidation sites excluding steroid dienone is 2. The van der Waals surface area contributed by atoms with Gasteiger partial charge >= 0.3 is 6.03 Å². The van der Waals surface area contributed by atoms with Crippen molar-refractivity contribution in [1.29, 1.82) is 0 Å². The Hall–Kier alpha value is -6.88. The molecular weight excluding hydrogens is 817 g/mol. The van der Waals surface area contributed by atoms with Crippen LogP contribution in [0.25, 0.3) is 22.9 Å². The van der Waals surface area contributed by atoms with E-state index >= 15 is 0 Å². The van der Waals surface area contributed by atoms with E-state index in [1.165, 1.54) is 66.7 Å². The summed E-state index contributed by atoms with van der Waals surface area (Å²) in [4.78, 5) is 37.4. The number of para-hydroxylation sites is 1. The summed E-state index contributed by atoms with van der Waals surface area (Å²) >= 11 is 0. The van der Waals surface area contributed by atoms with Crippen LogP contribution in [0.1, 0.15) is 31.8 Å². The van der Waals surface area contributed by atoms with Crippen molar-refractivity contribution in [2.75, 3.05) is 21.5 Å². The molecule has 18 nitrogen and oxygen atoms in total. The first-order valence-electron chi connectivity index (χ1n) is 16.4. The van der Waals surface area contributed by atoms with E-state index in [9.17, 15) is 53.3 Å². The van der Waals surface area contributed by atoms with Crippen molar-refractivity contribution in [1.82, 2.24) is 0 Å². The number of amides is 2. The second kappa shape index (κ2) is 14.9. The highest BCUT2D eigenvalue weighted by Crippen LogP contribution is 2.32. The topological polar surface area (TPSA) is 296 Å². The number of carbonyl (C=O) groups excluding carboxylic acids is 3. The maximum atomic E-state index is 13.5. The van der Waals surface area contributed by atoms with Crippen LogP contribution in [-0.4, -0.2) is 67.9 Å². The highest BCUT2D eigenvalue weighted by Gasteiger charge is 2.31. The largest absolute Gasteiger partial charge is 0.744 e. The van der Waals surface area contributed by atoms with Crippen molar-refractivity contribution in [2.45, 2.75) is 4.90 Å². The zero-order valence-corrected chi connectivity index (χ0v) is 31.4. The summed E-state index contributed by atoms with van der Waals surface area (Å²) < 4.78 is 109. The van der Waals surface area contributed by atoms with E-state index in [1.54, 1.807) is 30.3 Å². The van der Waals surface area contributed by atoms with Gasteiger partial charge in [-0.2, -0.15) is 10.2 Å². The molecule has 2 aliphatic rings. The number of carbonyl (C=O) groups is 3. The van der Waals surface area contributed by atoms with Crippen LogP contribution in [0.15, 0.2) is 128 Å². The standard InChI is InChI=1S/C37H26N6O12S3/c44-35-25-12-10-23(16-20(25)18-31(57(50,51)52)33(35)42-40-22-6-2-1-3-7-22)38-37(46)39-24-11-13-26-21(17-24)19-32(58(53,54)55)34(36(26)45)43-41-29-14-15-30(56(47,48)49)28-9-5-4-8-27(28)29/h1-19,40-41H,(H2,38,39,46)(H,47,48,49)(H,50,51,52)(H,53,54,55)/p-3. The first kappa shape index (κ1) is 39.4. The molecule has 5 aromatic carbocycles. The Kier molecular flexibility index (Phi) is 10.1. The molecule has 0 aliphatic heterocycles. The van der Waals surface area contributed by atoms with E-state index in [-0.39, 0.29) is 50.1 Å². The molecule has 0 unspecified atom stereocenters. The van der Waals surface area contributed by atoms with Gasteiger partial charge in [0.05, 0.1) is 26.1 Å². The van der Waals surface area contributed by atoms with Gasteiger partial charge in [0.15, 0.2) is 0 Å². The predicted octanol–water partition coefficient (Wildman–Crippen LogP) is 4.49. The summed E-state index contributed by atoms with van der Waals surface area (Å²) in [5.74, 6) is -1.86. The molecule has 21 heteroatoms. The van der Waals surface area contributed by atoms with Crippen LogP contribution in [-0.2, 0) is 30.4 Å². The molecule has 0 spiro atoms. The molecule has 5 aromatic rings. The predicted molar refractivity (Wildman–Crippen MR) is 210 cm³/mol. The number of urea groups is 1. The number of nitrogens with one attached hydrogen (secondary N) is 4. The number of hydrogen-bond donors (Lipinski definition) is 4. The molecule has 4 N–H and O–H groups in total. The van der Waals surface area contributed by atoms with Crippen LogP contribution in [0.4, 0.5) is 27.5 Å². The van der Waals surface area contributed by atoms with E-state index in [0.717, 1.165) is 18.2 Å². The normalized spacial score (nSPS) is 15.6. The third-order valence-corrected chi connectivity index (χ3v) is 11.2. The number of benzene rings is 5. The molecule has 0 aromatic heterocycles. The van der Waals surface area contributed by atoms with Crippen LogP contribution >= 0.6 is 0 Å². The fourth-order valence-corrected chi connectivity index (χ4v) is 8.03. The SMILES string of the molecule is O=C(Nc1ccc2c(c1)C=C(S(=O)(=O)[O-])C(=NNc1ccccc1)C2=O)Nc1ccc2c(c1)C=C(S(=O)(=O)[O-])C(=NNc1ccc(S(=O)(=O)[O-])c3ccccc13)C2=O. The Morgan fingerprint density at radius 2 is 1.00 bits per heavy atom. The fourth-order valence-electron chi connectivity index (χ4n) is 6.05. The van der Waals surface area contributed by atoms with E-state index in [0.29, 0.717) is 5.69 Å². The van der Waals surface area contributed by atoms with Gasteiger partial charge in [-0.1, -0.05) is 42.5 Å². The zero-order valence-electron chi connectivity index (χ0n) is 29.0. The van der Waals surface area contributed by atoms with Crippen molar-refractivity contribution in [2.24, 2.45) is 10.2 Å². The molecule has 2 aliphatic carbocycles. The third-order valence-electron chi connectivity index (χ3n) is 8.63. The minimum absolute atomic E-state index is 0.00719. The van der Waals surface area contributed by atoms with Crippen molar-refractivity contribution in [3.05, 3.63) is 135 Å². The lowest BCUT2D eigenvalue weighted by molar-refractivity contribution is 0.105. The lowest BCUT2D eigenvalue weighted by atomic mass is 9.94. The molecule has 7 rings (SSSR count). The Morgan fingerprint density at radius 1 is 0.517 bits per heavy atom. The second-order valence-electron chi connectivity index (χ2n) is 12.4. The van der Waals surface area contributed by atoms with Crippen molar-refractivity contribution in [3.8, 4) is 0 Å². The maximum absolute atomic E-state index is 13.5. The number of nitrogens with zero attached hydrogens (tertiary/aromatic N) is 2. The number of hydrazone groups is 2. The number of fused-ring (bicyclic) bond motifs is 3. The Labute approximate surface area is 328 Å². The molecular formula is C37H23N6O12S3-3. The molecule has 2 amide bonds. The van der Waals surface area contributed by atoms with Crippen LogP contribution in [0.5, 0.6) is 0 Å². The average Bonchev–Trinajstić information content (AvgIpc) is 3.16. The molecule has 0 atom stereocenters. The summed E-state index contributed by atoms with van der Waals surface area (Å²) in [6, 6.07) is 23.0. The van der Waals surface area contributed by atoms with Gasteiger partial charge in [-0.15, -0.1) is 0 Å². The Bertz CT molecular complexity index is 3090. The van der Waals surface area contributed by atoms with E-state index in [1.807, 2.05) is 0 Å². The molecule has 58 heavy (non-hydrogen) atoms. The van der Waals surface area contributed by atoms with E-state index < -0.39 is 74.1 Å². The minimum atomic E-state index is -5.34. The second-order valence-corrected chi connectivity index (χ2v) is 16.4. The van der Waals surface area contributed by atoms with Gasteiger partial charge in [0.1, 0.15) is 41.8 Å². The number of rotatable bonds is 9. The van der Waals surface area contributed by atoms with Crippen molar-refractivity contribution >= 4 is 105 Å². The monoisotopic (exact) mass is 839 g/mol. The van der Waals surface area contributed by atoms with Crippen LogP contribution < -0.4 is 21.5 Å². The summed E-state index contributed by atoms with van der Waals surface area (Å²) in [6.07, 6.45) is 1.84. The lowest BCUT2D eigenvalue weighted by Crippen LogP contribution is -2.28. The molecule has 294 valence electrons. The fraction of sp³-hybridized carbons (Fsp3) is 0. The van der Waals surface area contributed by atoms with E-state index in [4.69, 9.17) is 0 Å². The average molecular weight is 840 g/mol. The van der Waals surface area contributed by atoms with Gasteiger partial charge in [0, 0.05) is 33.3 Å². The number of ketones is 2. The number of Topliss-reactive ketones (excluding diaryl/α,β-unsaturated/α-hetero) is 2. The van der Waals surface area contributed by atoms with Crippen LogP contribution in [0.3, 0.4) is 0 Å². The van der Waals surface area contributed by atoms with Crippen LogP contribution in [0.2, 0.25) is 0 Å². The van der Waals surface area contributed by atoms with Gasteiger partial charge in [0.25, 0.3) is 0 Å². The smallest absolute Gasteiger partial charge is 0.323 e. The Morgan fingerprint density at radius 3 is 1.50 bits per heavy atom. The molecule has 0 fully saturated rings. The molecule has 0 saturated carbocycles. The van der Waals surface area contributed by atoms with Gasteiger partial charge in [-0.3, -0.25) is 20.4 Å². The summed E-state index contributed by atoms with van der Waals surface area (Å²) in [5.41, 5.74) is 4.01. The summed E-state index contributed by atoms with van der Waals surface area (Å²) in [7, 11) is -15.4. The van der Waals surface area contributed by atoms with Gasteiger partial charge < -0.3 is 24.3 Å². The Balaban J connectivity index is 1.12. The summed E-state index contributed by atoms with van der Waals surface area (Å²) in [5, 5.41) is 13.0.